The van der Waals surface area contributed by atoms with Crippen LogP contribution in [0.3, 0.4) is 0 Å². The van der Waals surface area contributed by atoms with Crippen LogP contribution in [0.1, 0.15) is 24.2 Å². The Balaban J connectivity index is 2.39. The number of likely N-dealkylation sites (N-methyl/N-ethyl adjacent to an activating group) is 1. The minimum absolute atomic E-state index is 0.106. The van der Waals surface area contributed by atoms with Gasteiger partial charge in [0, 0.05) is 25.0 Å². The van der Waals surface area contributed by atoms with Crippen molar-refractivity contribution in [3.05, 3.63) is 23.9 Å². The van der Waals surface area contributed by atoms with E-state index >= 15 is 0 Å². The molecule has 7 nitrogen and oxygen atoms in total. The van der Waals surface area contributed by atoms with Crippen molar-refractivity contribution in [2.75, 3.05) is 27.2 Å². The number of aromatic nitrogens is 2. The number of nitrogens with one attached hydrogen (secondary N) is 1. The average Bonchev–Trinajstić information content (AvgIpc) is 2.87. The van der Waals surface area contributed by atoms with E-state index < -0.39 is 11.1 Å². The molecule has 1 aromatic carbocycles. The molecule has 0 spiro atoms. The molecule has 0 bridgehead atoms. The molecule has 1 atom stereocenters. The fourth-order valence-electron chi connectivity index (χ4n) is 2.41. The van der Waals surface area contributed by atoms with Gasteiger partial charge in [-0.25, -0.2) is 4.21 Å². The molecule has 132 valence electrons. The van der Waals surface area contributed by atoms with Gasteiger partial charge in [-0.15, -0.1) is 0 Å². The summed E-state index contributed by atoms with van der Waals surface area (Å²) < 4.78 is 23.0. The van der Waals surface area contributed by atoms with Gasteiger partial charge in [0.2, 0.25) is 0 Å². The minimum Gasteiger partial charge on any atom is -0.351 e. The van der Waals surface area contributed by atoms with Crippen molar-refractivity contribution < 1.29 is 13.6 Å². The van der Waals surface area contributed by atoms with E-state index in [1.807, 2.05) is 23.7 Å². The van der Waals surface area contributed by atoms with E-state index in [9.17, 15) is 13.6 Å². The van der Waals surface area contributed by atoms with E-state index in [2.05, 4.69) is 24.3 Å². The molecule has 2 N–H and O–H groups in total. The molecular formula is C16H24N4O3S. The van der Waals surface area contributed by atoms with Gasteiger partial charge in [0.1, 0.15) is 0 Å². The third-order valence-electron chi connectivity index (χ3n) is 3.56. The molecule has 0 saturated carbocycles. The summed E-state index contributed by atoms with van der Waals surface area (Å²) in [5.74, 6) is 0.0468. The smallest absolute Gasteiger partial charge is 0.252 e. The number of hydrogen-bond acceptors (Lipinski definition) is 4. The molecular weight excluding hydrogens is 328 g/mol. The number of carbonyl (C=O) groups excluding carboxylic acids is 1. The maximum absolute atomic E-state index is 12.4. The highest BCUT2D eigenvalue weighted by molar-refractivity contribution is 7.79. The first-order valence-electron chi connectivity index (χ1n) is 7.83. The Kier molecular flexibility index (Phi) is 6.09. The van der Waals surface area contributed by atoms with E-state index in [1.54, 1.807) is 18.3 Å². The maximum Gasteiger partial charge on any atom is 0.252 e. The maximum atomic E-state index is 12.4. The Morgan fingerprint density at radius 1 is 1.42 bits per heavy atom. The van der Waals surface area contributed by atoms with Gasteiger partial charge in [-0.1, -0.05) is 13.8 Å². The molecule has 0 aliphatic carbocycles. The fraction of sp³-hybridized carbons (Fsp3) is 0.500. The molecule has 2 aromatic rings. The van der Waals surface area contributed by atoms with Crippen LogP contribution in [-0.4, -0.2) is 56.5 Å². The summed E-state index contributed by atoms with van der Waals surface area (Å²) in [4.78, 5) is 14.5. The lowest BCUT2D eigenvalue weighted by molar-refractivity contribution is 0.0948. The Morgan fingerprint density at radius 3 is 2.71 bits per heavy atom. The summed E-state index contributed by atoms with van der Waals surface area (Å²) in [6.45, 7) is 6.04. The standard InChI is InChI=1S/C16H24N4O3S/c1-11(2)10-20-14-8-13(16(21)17-5-6-19(3)4)15(24(22)23)7-12(14)9-18-20/h7-9,11H,5-6,10H2,1-4H3,(H,17,21)(H,22,23). The van der Waals surface area contributed by atoms with E-state index in [4.69, 9.17) is 0 Å². The lowest BCUT2D eigenvalue weighted by atomic mass is 10.1. The topological polar surface area (TPSA) is 87.5 Å². The second-order valence-electron chi connectivity index (χ2n) is 6.44. The van der Waals surface area contributed by atoms with Crippen LogP contribution in [0.5, 0.6) is 0 Å². The predicted molar refractivity (Wildman–Crippen MR) is 94.5 cm³/mol. The molecule has 0 aliphatic rings. The van der Waals surface area contributed by atoms with Gasteiger partial charge in [0.15, 0.2) is 11.1 Å². The first kappa shape index (κ1) is 18.6. The number of benzene rings is 1. The van der Waals surface area contributed by atoms with Crippen molar-refractivity contribution in [3.8, 4) is 0 Å². The predicted octanol–water partition coefficient (Wildman–Crippen LogP) is 1.56. The van der Waals surface area contributed by atoms with Crippen molar-refractivity contribution in [3.63, 3.8) is 0 Å². The number of amides is 1. The normalized spacial score (nSPS) is 13.0. The number of hydrogen-bond donors (Lipinski definition) is 2. The molecule has 0 saturated heterocycles. The van der Waals surface area contributed by atoms with E-state index in [0.717, 1.165) is 10.9 Å². The van der Waals surface area contributed by atoms with E-state index in [1.165, 1.54) is 0 Å². The second-order valence-corrected chi connectivity index (χ2v) is 7.37. The SMILES string of the molecule is CC(C)Cn1ncc2cc(S(=O)O)c(C(=O)NCCN(C)C)cc21. The van der Waals surface area contributed by atoms with Crippen LogP contribution >= 0.6 is 0 Å². The summed E-state index contributed by atoms with van der Waals surface area (Å²) in [5, 5.41) is 7.85. The van der Waals surface area contributed by atoms with Gasteiger partial charge in [-0.2, -0.15) is 5.10 Å². The van der Waals surface area contributed by atoms with Gasteiger partial charge in [-0.3, -0.25) is 9.48 Å². The van der Waals surface area contributed by atoms with Crippen LogP contribution in [0, 0.1) is 5.92 Å². The highest BCUT2D eigenvalue weighted by Gasteiger charge is 2.18. The van der Waals surface area contributed by atoms with Crippen LogP contribution in [0.15, 0.2) is 23.2 Å². The third-order valence-corrected chi connectivity index (χ3v) is 4.27. The molecule has 2 rings (SSSR count). The van der Waals surface area contributed by atoms with Gasteiger partial charge in [0.05, 0.1) is 22.2 Å². The molecule has 1 amide bonds. The van der Waals surface area contributed by atoms with Crippen LogP contribution in [0.4, 0.5) is 0 Å². The summed E-state index contributed by atoms with van der Waals surface area (Å²) in [5.41, 5.74) is 1.00. The zero-order chi connectivity index (χ0) is 17.9. The Labute approximate surface area is 144 Å². The monoisotopic (exact) mass is 352 g/mol. The van der Waals surface area contributed by atoms with Crippen molar-refractivity contribution in [2.24, 2.45) is 5.92 Å². The first-order chi connectivity index (χ1) is 11.3. The zero-order valence-electron chi connectivity index (χ0n) is 14.4. The highest BCUT2D eigenvalue weighted by atomic mass is 32.2. The third kappa shape index (κ3) is 4.40. The summed E-state index contributed by atoms with van der Waals surface area (Å²) in [6, 6.07) is 3.22. The summed E-state index contributed by atoms with van der Waals surface area (Å²) in [6.07, 6.45) is 1.65. The molecule has 1 aromatic heterocycles. The van der Waals surface area contributed by atoms with Crippen molar-refractivity contribution in [2.45, 2.75) is 25.3 Å². The molecule has 1 heterocycles. The highest BCUT2D eigenvalue weighted by Crippen LogP contribution is 2.23. The van der Waals surface area contributed by atoms with E-state index in [-0.39, 0.29) is 16.4 Å². The quantitative estimate of drug-likeness (QED) is 0.739. The van der Waals surface area contributed by atoms with Gasteiger partial charge in [0.25, 0.3) is 5.91 Å². The molecule has 0 radical (unpaired) electrons. The Bertz CT molecular complexity index is 755. The average molecular weight is 352 g/mol. The van der Waals surface area contributed by atoms with Crippen molar-refractivity contribution in [1.29, 1.82) is 0 Å². The van der Waals surface area contributed by atoms with Crippen LogP contribution in [-0.2, 0) is 17.6 Å². The van der Waals surface area contributed by atoms with Gasteiger partial charge in [-0.05, 0) is 32.1 Å². The van der Waals surface area contributed by atoms with Crippen molar-refractivity contribution in [1.82, 2.24) is 20.0 Å². The number of rotatable bonds is 7. The lowest BCUT2D eigenvalue weighted by Gasteiger charge is -2.12. The number of carbonyl (C=O) groups is 1. The molecule has 24 heavy (non-hydrogen) atoms. The summed E-state index contributed by atoms with van der Waals surface area (Å²) in [7, 11) is 3.83. The first-order valence-corrected chi connectivity index (χ1v) is 8.93. The molecule has 0 aliphatic heterocycles. The zero-order valence-corrected chi connectivity index (χ0v) is 15.3. The molecule has 8 heteroatoms. The largest absolute Gasteiger partial charge is 0.351 e. The Hall–Kier alpha value is -1.77. The fourth-order valence-corrected chi connectivity index (χ4v) is 2.97. The number of fused-ring (bicyclic) bond motifs is 1. The molecule has 1 unspecified atom stereocenters. The van der Waals surface area contributed by atoms with Crippen molar-refractivity contribution >= 4 is 27.9 Å². The minimum atomic E-state index is -2.24. The molecule has 0 fully saturated rings. The second kappa shape index (κ2) is 7.87. The van der Waals surface area contributed by atoms with Crippen LogP contribution in [0.25, 0.3) is 10.9 Å². The number of nitrogens with zero attached hydrogens (tertiary/aromatic N) is 3. The summed E-state index contributed by atoms with van der Waals surface area (Å²) >= 11 is -2.24. The Morgan fingerprint density at radius 2 is 2.12 bits per heavy atom. The van der Waals surface area contributed by atoms with Crippen LogP contribution in [0.2, 0.25) is 0 Å². The lowest BCUT2D eigenvalue weighted by Crippen LogP contribution is -2.32. The van der Waals surface area contributed by atoms with Crippen LogP contribution < -0.4 is 5.32 Å². The van der Waals surface area contributed by atoms with Gasteiger partial charge < -0.3 is 14.8 Å². The van der Waals surface area contributed by atoms with E-state index in [0.29, 0.717) is 25.6 Å². The van der Waals surface area contributed by atoms with Gasteiger partial charge >= 0.3 is 0 Å².